The lowest BCUT2D eigenvalue weighted by atomic mass is 10.1. The van der Waals surface area contributed by atoms with Crippen LogP contribution in [0.25, 0.3) is 0 Å². The SMILES string of the molecule is CC1(C)CN(c2cnn3c2CN(C(=O)Nc2cc(F)c(F)c(F)c2)[C@H]2CCC[C@H]23)C(=O)O1. The minimum Gasteiger partial charge on any atom is -0.441 e. The third-order valence-electron chi connectivity index (χ3n) is 6.26. The van der Waals surface area contributed by atoms with Gasteiger partial charge in [0.25, 0.3) is 0 Å². The number of ether oxygens (including phenoxy) is 1. The van der Waals surface area contributed by atoms with E-state index in [4.69, 9.17) is 4.74 Å². The van der Waals surface area contributed by atoms with Crippen LogP contribution in [0.1, 0.15) is 44.8 Å². The molecule has 1 saturated heterocycles. The average Bonchev–Trinajstić information content (AvgIpc) is 3.41. The van der Waals surface area contributed by atoms with E-state index in [2.05, 4.69) is 10.4 Å². The predicted octanol–water partition coefficient (Wildman–Crippen LogP) is 4.18. The lowest BCUT2D eigenvalue weighted by Gasteiger charge is -2.38. The Labute approximate surface area is 181 Å². The molecule has 5 rings (SSSR count). The molecular weight excluding hydrogens is 427 g/mol. The van der Waals surface area contributed by atoms with Crippen LogP contribution in [0.3, 0.4) is 0 Å². The summed E-state index contributed by atoms with van der Waals surface area (Å²) in [5.41, 5.74) is 0.437. The molecule has 1 aliphatic carbocycles. The number of benzene rings is 1. The number of cyclic esters (lactones) is 1. The van der Waals surface area contributed by atoms with Gasteiger partial charge < -0.3 is 15.0 Å². The first-order valence-electron chi connectivity index (χ1n) is 10.4. The standard InChI is InChI=1S/C21H22F3N5O3/c1-21(2)10-28(20(31)32-21)16-8-25-29-15-5-3-4-14(15)27(9-17(16)29)19(30)26-11-6-12(22)18(24)13(23)7-11/h6-8,14-15H,3-5,9-10H2,1-2H3,(H,26,30)/t14-,15+/m0/s1. The van der Waals surface area contributed by atoms with Crippen molar-refractivity contribution >= 4 is 23.5 Å². The molecule has 2 aliphatic heterocycles. The number of nitrogens with one attached hydrogen (secondary N) is 1. The highest BCUT2D eigenvalue weighted by atomic mass is 19.2. The van der Waals surface area contributed by atoms with Gasteiger partial charge >= 0.3 is 12.1 Å². The molecule has 0 unspecified atom stereocenters. The number of hydrogen-bond acceptors (Lipinski definition) is 4. The van der Waals surface area contributed by atoms with Gasteiger partial charge in [0.05, 0.1) is 42.8 Å². The molecule has 8 nitrogen and oxygen atoms in total. The summed E-state index contributed by atoms with van der Waals surface area (Å²) in [5, 5.41) is 6.98. The van der Waals surface area contributed by atoms with Crippen molar-refractivity contribution in [1.29, 1.82) is 0 Å². The van der Waals surface area contributed by atoms with Gasteiger partial charge in [-0.3, -0.25) is 9.58 Å². The third kappa shape index (κ3) is 3.26. The number of fused-ring (bicyclic) bond motifs is 3. The Morgan fingerprint density at radius 3 is 2.53 bits per heavy atom. The number of urea groups is 1. The molecule has 2 atom stereocenters. The van der Waals surface area contributed by atoms with Gasteiger partial charge in [-0.2, -0.15) is 5.10 Å². The number of anilines is 2. The first-order valence-corrected chi connectivity index (χ1v) is 10.4. The minimum atomic E-state index is -1.59. The predicted molar refractivity (Wildman–Crippen MR) is 108 cm³/mol. The Morgan fingerprint density at radius 2 is 1.88 bits per heavy atom. The van der Waals surface area contributed by atoms with Crippen molar-refractivity contribution in [2.45, 2.75) is 57.3 Å². The lowest BCUT2D eigenvalue weighted by molar-refractivity contribution is 0.0871. The minimum absolute atomic E-state index is 0.0772. The molecule has 170 valence electrons. The Balaban J connectivity index is 1.45. The van der Waals surface area contributed by atoms with Gasteiger partial charge in [-0.05, 0) is 33.1 Å². The Bertz CT molecular complexity index is 1100. The lowest BCUT2D eigenvalue weighted by Crippen LogP contribution is -2.49. The van der Waals surface area contributed by atoms with Crippen LogP contribution in [0.5, 0.6) is 0 Å². The van der Waals surface area contributed by atoms with Gasteiger partial charge in [0.2, 0.25) is 0 Å². The number of rotatable bonds is 2. The van der Waals surface area contributed by atoms with Crippen molar-refractivity contribution in [2.24, 2.45) is 0 Å². The number of amides is 3. The first-order chi connectivity index (χ1) is 15.1. The van der Waals surface area contributed by atoms with Crippen molar-refractivity contribution in [2.75, 3.05) is 16.8 Å². The van der Waals surface area contributed by atoms with Gasteiger partial charge in [-0.1, -0.05) is 0 Å². The number of hydrogen-bond donors (Lipinski definition) is 1. The Morgan fingerprint density at radius 1 is 1.19 bits per heavy atom. The largest absolute Gasteiger partial charge is 0.441 e. The second-order valence-electron chi connectivity index (χ2n) is 9.01. The molecule has 1 aromatic carbocycles. The monoisotopic (exact) mass is 449 g/mol. The summed E-state index contributed by atoms with van der Waals surface area (Å²) in [7, 11) is 0. The molecule has 3 aliphatic rings. The van der Waals surface area contributed by atoms with Crippen molar-refractivity contribution < 1.29 is 27.5 Å². The molecular formula is C21H22F3N5O3. The van der Waals surface area contributed by atoms with Gasteiger partial charge in [0, 0.05) is 17.8 Å². The molecule has 2 fully saturated rings. The molecule has 3 amide bonds. The zero-order chi connectivity index (χ0) is 22.8. The second-order valence-corrected chi connectivity index (χ2v) is 9.01. The highest BCUT2D eigenvalue weighted by molar-refractivity contribution is 5.92. The Kier molecular flexibility index (Phi) is 4.61. The van der Waals surface area contributed by atoms with Gasteiger partial charge in [-0.25, -0.2) is 22.8 Å². The van der Waals surface area contributed by atoms with Crippen LogP contribution in [-0.4, -0.2) is 45.0 Å². The van der Waals surface area contributed by atoms with E-state index < -0.39 is 35.2 Å². The smallest absolute Gasteiger partial charge is 0.415 e. The maximum Gasteiger partial charge on any atom is 0.415 e. The van der Waals surface area contributed by atoms with Crippen LogP contribution >= 0.6 is 0 Å². The first kappa shape index (κ1) is 20.7. The van der Waals surface area contributed by atoms with E-state index in [9.17, 15) is 22.8 Å². The summed E-state index contributed by atoms with van der Waals surface area (Å²) in [6, 6.07) is 0.684. The zero-order valence-electron chi connectivity index (χ0n) is 17.6. The summed E-state index contributed by atoms with van der Waals surface area (Å²) in [4.78, 5) is 28.6. The van der Waals surface area contributed by atoms with Crippen LogP contribution in [0.15, 0.2) is 18.3 Å². The number of halogens is 3. The van der Waals surface area contributed by atoms with E-state index in [-0.39, 0.29) is 24.3 Å². The van der Waals surface area contributed by atoms with Crippen LogP contribution < -0.4 is 10.2 Å². The van der Waals surface area contributed by atoms with E-state index in [0.717, 1.165) is 31.4 Å². The fourth-order valence-electron chi connectivity index (χ4n) is 4.89. The summed E-state index contributed by atoms with van der Waals surface area (Å²) in [6.07, 6.45) is 3.56. The molecule has 32 heavy (non-hydrogen) atoms. The van der Waals surface area contributed by atoms with Gasteiger partial charge in [0.15, 0.2) is 17.5 Å². The highest BCUT2D eigenvalue weighted by Gasteiger charge is 2.45. The second kappa shape index (κ2) is 7.14. The van der Waals surface area contributed by atoms with E-state index in [1.54, 1.807) is 11.1 Å². The maximum absolute atomic E-state index is 13.6. The normalized spacial score (nSPS) is 23.7. The van der Waals surface area contributed by atoms with Crippen molar-refractivity contribution in [1.82, 2.24) is 14.7 Å². The fraction of sp³-hybridized carbons (Fsp3) is 0.476. The van der Waals surface area contributed by atoms with Crippen molar-refractivity contribution in [3.05, 3.63) is 41.5 Å². The zero-order valence-corrected chi connectivity index (χ0v) is 17.6. The molecule has 2 aromatic rings. The molecule has 0 spiro atoms. The fourth-order valence-corrected chi connectivity index (χ4v) is 4.89. The number of carbonyl (C=O) groups excluding carboxylic acids is 2. The van der Waals surface area contributed by atoms with E-state index in [1.807, 2.05) is 18.5 Å². The van der Waals surface area contributed by atoms with E-state index in [1.165, 1.54) is 4.90 Å². The van der Waals surface area contributed by atoms with Crippen LogP contribution in [0, 0.1) is 17.5 Å². The molecule has 1 saturated carbocycles. The molecule has 0 bridgehead atoms. The molecule has 11 heteroatoms. The quantitative estimate of drug-likeness (QED) is 0.698. The summed E-state index contributed by atoms with van der Waals surface area (Å²) in [6.45, 7) is 4.13. The maximum atomic E-state index is 13.6. The molecule has 1 aromatic heterocycles. The Hall–Kier alpha value is -3.24. The summed E-state index contributed by atoms with van der Waals surface area (Å²) >= 11 is 0. The topological polar surface area (TPSA) is 79.7 Å². The molecule has 3 heterocycles. The highest BCUT2D eigenvalue weighted by Crippen LogP contribution is 2.42. The van der Waals surface area contributed by atoms with Crippen molar-refractivity contribution in [3.8, 4) is 0 Å². The van der Waals surface area contributed by atoms with Gasteiger partial charge in [-0.15, -0.1) is 0 Å². The number of aromatic nitrogens is 2. The van der Waals surface area contributed by atoms with Crippen LogP contribution in [-0.2, 0) is 11.3 Å². The van der Waals surface area contributed by atoms with E-state index >= 15 is 0 Å². The summed E-state index contributed by atoms with van der Waals surface area (Å²) in [5.74, 6) is -4.35. The third-order valence-corrected chi connectivity index (χ3v) is 6.26. The average molecular weight is 449 g/mol. The number of carbonyl (C=O) groups is 2. The van der Waals surface area contributed by atoms with E-state index in [0.29, 0.717) is 17.9 Å². The summed E-state index contributed by atoms with van der Waals surface area (Å²) < 4.78 is 47.7. The number of nitrogens with zero attached hydrogens (tertiary/aromatic N) is 4. The molecule has 1 N–H and O–H groups in total. The van der Waals surface area contributed by atoms with Gasteiger partial charge in [0.1, 0.15) is 5.60 Å². The molecule has 0 radical (unpaired) electrons. The van der Waals surface area contributed by atoms with Crippen LogP contribution in [0.2, 0.25) is 0 Å². The van der Waals surface area contributed by atoms with Crippen molar-refractivity contribution in [3.63, 3.8) is 0 Å². The van der Waals surface area contributed by atoms with Crippen LogP contribution in [0.4, 0.5) is 34.1 Å².